The van der Waals surface area contributed by atoms with Crippen LogP contribution in [0.15, 0.2) is 24.3 Å². The van der Waals surface area contributed by atoms with Crippen molar-refractivity contribution < 1.29 is 33.6 Å². The quantitative estimate of drug-likeness (QED) is 0.141. The molecule has 0 aromatic rings. The lowest BCUT2D eigenvalue weighted by Crippen LogP contribution is -2.38. The summed E-state index contributed by atoms with van der Waals surface area (Å²) in [5, 5.41) is 8.80. The summed E-state index contributed by atoms with van der Waals surface area (Å²) in [7, 11) is 0. The number of ether oxygens (including phenoxy) is 4. The SMILES string of the molecule is CCCC1CC([C@@H](C=C[C@H]2[C@H](OC3CCCCO3)CC(=O)[C@@H]2CCCCC=CC(=O)O)OC2CCCCO2)C1. The molecule has 2 saturated heterocycles. The van der Waals surface area contributed by atoms with Crippen molar-refractivity contribution in [1.29, 1.82) is 0 Å². The number of carboxylic acid groups (broad SMARTS) is 1. The maximum atomic E-state index is 13.2. The van der Waals surface area contributed by atoms with E-state index in [1.807, 2.05) is 0 Å². The first-order chi connectivity index (χ1) is 19.0. The summed E-state index contributed by atoms with van der Waals surface area (Å²) >= 11 is 0. The van der Waals surface area contributed by atoms with E-state index in [2.05, 4.69) is 19.1 Å². The Bertz CT molecular complexity index is 805. The first-order valence-electron chi connectivity index (χ1n) is 15.7. The zero-order chi connectivity index (χ0) is 27.5. The molecule has 1 N–H and O–H groups in total. The van der Waals surface area contributed by atoms with Crippen LogP contribution in [0.3, 0.4) is 0 Å². The van der Waals surface area contributed by atoms with Gasteiger partial charge in [0.2, 0.25) is 0 Å². The molecule has 39 heavy (non-hydrogen) atoms. The standard InChI is InChI=1S/C32H50O7/c1-2-11-23-20-24(21-23)28(38-31-14-7-9-18-36-31)17-16-26-25(12-5-3-4-6-13-30(34)35)27(33)22-29(26)39-32-15-8-10-19-37-32/h6,13,16-17,23-26,28-29,31-32H,2-5,7-12,14-15,18-22H2,1H3,(H,34,35)/t23?,24?,25-,26-,28-,29-,31?,32?/m1/s1. The van der Waals surface area contributed by atoms with Crippen molar-refractivity contribution in [2.24, 2.45) is 23.7 Å². The van der Waals surface area contributed by atoms with Crippen molar-refractivity contribution in [1.82, 2.24) is 0 Å². The molecule has 0 amide bonds. The summed E-state index contributed by atoms with van der Waals surface area (Å²) in [6.45, 7) is 3.74. The molecule has 6 atom stereocenters. The van der Waals surface area contributed by atoms with Gasteiger partial charge in [-0.3, -0.25) is 4.79 Å². The number of aliphatic carboxylic acids is 1. The fraction of sp³-hybridized carbons (Fsp3) is 0.812. The Balaban J connectivity index is 1.43. The highest BCUT2D eigenvalue weighted by molar-refractivity contribution is 5.84. The number of allylic oxidation sites excluding steroid dienone is 1. The van der Waals surface area contributed by atoms with Crippen LogP contribution in [0.2, 0.25) is 0 Å². The van der Waals surface area contributed by atoms with Crippen LogP contribution in [0.25, 0.3) is 0 Å². The first kappa shape index (κ1) is 30.4. The third kappa shape index (κ3) is 9.51. The molecule has 2 aliphatic heterocycles. The van der Waals surface area contributed by atoms with Gasteiger partial charge in [0.05, 0.1) is 12.2 Å². The maximum Gasteiger partial charge on any atom is 0.327 e. The number of carbonyl (C=O) groups excluding carboxylic acids is 1. The second-order valence-corrected chi connectivity index (χ2v) is 12.0. The Labute approximate surface area is 234 Å². The van der Waals surface area contributed by atoms with Gasteiger partial charge < -0.3 is 24.1 Å². The van der Waals surface area contributed by atoms with Crippen LogP contribution < -0.4 is 0 Å². The van der Waals surface area contributed by atoms with Crippen molar-refractivity contribution >= 4 is 11.8 Å². The van der Waals surface area contributed by atoms with E-state index in [9.17, 15) is 9.59 Å². The minimum absolute atomic E-state index is 0.00229. The van der Waals surface area contributed by atoms with Gasteiger partial charge in [0.15, 0.2) is 12.6 Å². The largest absolute Gasteiger partial charge is 0.478 e. The lowest BCUT2D eigenvalue weighted by atomic mass is 9.70. The number of hydrogen-bond acceptors (Lipinski definition) is 6. The third-order valence-corrected chi connectivity index (χ3v) is 8.97. The third-order valence-electron chi connectivity index (χ3n) is 8.97. The Kier molecular flexibility index (Phi) is 12.5. The second kappa shape index (κ2) is 16.0. The summed E-state index contributed by atoms with van der Waals surface area (Å²) in [6.07, 6.45) is 21.6. The van der Waals surface area contributed by atoms with Crippen LogP contribution in [-0.4, -0.2) is 54.9 Å². The number of unbranched alkanes of at least 4 members (excludes halogenated alkanes) is 2. The molecule has 0 bridgehead atoms. The number of carboxylic acids is 1. The van der Waals surface area contributed by atoms with E-state index < -0.39 is 5.97 Å². The molecular weight excluding hydrogens is 496 g/mol. The fourth-order valence-corrected chi connectivity index (χ4v) is 6.78. The molecule has 7 heteroatoms. The molecule has 0 aromatic carbocycles. The normalized spacial score (nSPS) is 34.5. The number of hydrogen-bond donors (Lipinski definition) is 1. The molecule has 0 radical (unpaired) electrons. The van der Waals surface area contributed by atoms with Gasteiger partial charge in [0.1, 0.15) is 5.78 Å². The number of rotatable bonds is 15. The van der Waals surface area contributed by atoms with Gasteiger partial charge in [-0.2, -0.15) is 0 Å². The van der Waals surface area contributed by atoms with Gasteiger partial charge in [0.25, 0.3) is 0 Å². The van der Waals surface area contributed by atoms with Crippen LogP contribution in [0, 0.1) is 23.7 Å². The van der Waals surface area contributed by atoms with E-state index in [1.54, 1.807) is 6.08 Å². The van der Waals surface area contributed by atoms with Crippen LogP contribution in [0.1, 0.15) is 103 Å². The summed E-state index contributed by atoms with van der Waals surface area (Å²) < 4.78 is 24.8. The van der Waals surface area contributed by atoms with Gasteiger partial charge in [-0.25, -0.2) is 4.79 Å². The molecule has 2 aliphatic carbocycles. The van der Waals surface area contributed by atoms with Gasteiger partial charge in [-0.1, -0.05) is 44.4 Å². The molecule has 4 rings (SSSR count). The molecule has 4 fully saturated rings. The van der Waals surface area contributed by atoms with E-state index in [-0.39, 0.29) is 42.4 Å². The average Bonchev–Trinajstić information content (AvgIpc) is 3.20. The van der Waals surface area contributed by atoms with Gasteiger partial charge in [0, 0.05) is 37.5 Å². The second-order valence-electron chi connectivity index (χ2n) is 12.0. The van der Waals surface area contributed by atoms with Crippen LogP contribution >= 0.6 is 0 Å². The first-order valence-corrected chi connectivity index (χ1v) is 15.7. The average molecular weight is 547 g/mol. The van der Waals surface area contributed by atoms with E-state index in [1.165, 1.54) is 31.8 Å². The molecule has 220 valence electrons. The molecule has 0 aromatic heterocycles. The zero-order valence-corrected chi connectivity index (χ0v) is 23.8. The Hall–Kier alpha value is -1.54. The van der Waals surface area contributed by atoms with E-state index in [0.29, 0.717) is 18.8 Å². The number of Topliss-reactive ketones (excluding diaryl/α,β-unsaturated/α-hetero) is 1. The molecule has 2 saturated carbocycles. The fourth-order valence-electron chi connectivity index (χ4n) is 6.78. The highest BCUT2D eigenvalue weighted by Gasteiger charge is 2.43. The molecule has 4 aliphatic rings. The van der Waals surface area contributed by atoms with Crippen molar-refractivity contribution in [3.8, 4) is 0 Å². The van der Waals surface area contributed by atoms with Gasteiger partial charge >= 0.3 is 5.97 Å². The lowest BCUT2D eigenvalue weighted by Gasteiger charge is -2.41. The van der Waals surface area contributed by atoms with Gasteiger partial charge in [-0.15, -0.1) is 0 Å². The molecule has 2 unspecified atom stereocenters. The van der Waals surface area contributed by atoms with Crippen molar-refractivity contribution in [2.45, 2.75) is 128 Å². The minimum atomic E-state index is -0.918. The predicted octanol–water partition coefficient (Wildman–Crippen LogP) is 6.60. The van der Waals surface area contributed by atoms with Crippen molar-refractivity contribution in [3.05, 3.63) is 24.3 Å². The summed E-state index contributed by atoms with van der Waals surface area (Å²) in [4.78, 5) is 23.9. The van der Waals surface area contributed by atoms with Crippen LogP contribution in [0.4, 0.5) is 0 Å². The molecule has 7 nitrogen and oxygen atoms in total. The molecular formula is C32H50O7. The van der Waals surface area contributed by atoms with E-state index in [0.717, 1.165) is 76.9 Å². The Morgan fingerprint density at radius 2 is 1.79 bits per heavy atom. The monoisotopic (exact) mass is 546 g/mol. The van der Waals surface area contributed by atoms with Crippen molar-refractivity contribution in [2.75, 3.05) is 13.2 Å². The zero-order valence-electron chi connectivity index (χ0n) is 23.8. The van der Waals surface area contributed by atoms with Crippen molar-refractivity contribution in [3.63, 3.8) is 0 Å². The lowest BCUT2D eigenvalue weighted by molar-refractivity contribution is -0.196. The Morgan fingerprint density at radius 3 is 2.46 bits per heavy atom. The number of carbonyl (C=O) groups is 2. The maximum absolute atomic E-state index is 13.2. The number of ketones is 1. The topological polar surface area (TPSA) is 91.3 Å². The van der Waals surface area contributed by atoms with E-state index >= 15 is 0 Å². The Morgan fingerprint density at radius 1 is 1.05 bits per heavy atom. The summed E-state index contributed by atoms with van der Waals surface area (Å²) in [6, 6.07) is 0. The minimum Gasteiger partial charge on any atom is -0.478 e. The molecule has 2 heterocycles. The predicted molar refractivity (Wildman–Crippen MR) is 149 cm³/mol. The van der Waals surface area contributed by atoms with Crippen LogP contribution in [-0.2, 0) is 28.5 Å². The van der Waals surface area contributed by atoms with Gasteiger partial charge in [-0.05, 0) is 82.5 Å². The smallest absolute Gasteiger partial charge is 0.327 e. The highest BCUT2D eigenvalue weighted by atomic mass is 16.7. The van der Waals surface area contributed by atoms with Crippen LogP contribution in [0.5, 0.6) is 0 Å². The van der Waals surface area contributed by atoms with E-state index in [4.69, 9.17) is 24.1 Å². The summed E-state index contributed by atoms with van der Waals surface area (Å²) in [5.41, 5.74) is 0. The molecule has 0 spiro atoms. The summed E-state index contributed by atoms with van der Waals surface area (Å²) in [5.74, 6) is 0.565. The highest BCUT2D eigenvalue weighted by Crippen LogP contribution is 2.42.